The molecule has 0 atom stereocenters. The maximum atomic E-state index is 10.1. The van der Waals surface area contributed by atoms with Crippen molar-refractivity contribution in [1.82, 2.24) is 0 Å². The lowest BCUT2D eigenvalue weighted by Gasteiger charge is -2.37. The van der Waals surface area contributed by atoms with Gasteiger partial charge in [0.2, 0.25) is 0 Å². The molecule has 3 nitrogen and oxygen atoms in total. The molecule has 0 spiro atoms. The molecule has 1 aromatic rings. The number of aryl methyl sites for hydroxylation is 1. The highest BCUT2D eigenvalue weighted by molar-refractivity contribution is 5.39. The number of rotatable bonds is 3. The fourth-order valence-corrected chi connectivity index (χ4v) is 1.66. The van der Waals surface area contributed by atoms with Gasteiger partial charge < -0.3 is 14.6 Å². The molecule has 2 rings (SSSR count). The molecule has 15 heavy (non-hydrogen) atoms. The minimum atomic E-state index is -0.806. The number of hydrogen-bond donors (Lipinski definition) is 1. The molecule has 0 unspecified atom stereocenters. The standard InChI is InChI=1S/C12H16O3/c1-3-15-11-6-10(5-4-9(11)2)12(13)7-14-8-12/h4-6,13H,3,7-8H2,1-2H3. The molecule has 0 radical (unpaired) electrons. The first kappa shape index (κ1) is 10.5. The van der Waals surface area contributed by atoms with Gasteiger partial charge in [0.1, 0.15) is 11.4 Å². The maximum absolute atomic E-state index is 10.1. The lowest BCUT2D eigenvalue weighted by atomic mass is 9.91. The van der Waals surface area contributed by atoms with Gasteiger partial charge in [-0.3, -0.25) is 0 Å². The van der Waals surface area contributed by atoms with E-state index in [2.05, 4.69) is 0 Å². The second kappa shape index (κ2) is 3.83. The van der Waals surface area contributed by atoms with Crippen molar-refractivity contribution in [1.29, 1.82) is 0 Å². The van der Waals surface area contributed by atoms with Crippen molar-refractivity contribution in [3.63, 3.8) is 0 Å². The van der Waals surface area contributed by atoms with E-state index in [0.29, 0.717) is 19.8 Å². The van der Waals surface area contributed by atoms with E-state index in [-0.39, 0.29) is 0 Å². The molecular formula is C12H16O3. The van der Waals surface area contributed by atoms with Crippen molar-refractivity contribution in [3.8, 4) is 5.75 Å². The van der Waals surface area contributed by atoms with Crippen molar-refractivity contribution in [2.24, 2.45) is 0 Å². The number of ether oxygens (including phenoxy) is 2. The Morgan fingerprint density at radius 1 is 1.47 bits per heavy atom. The van der Waals surface area contributed by atoms with Gasteiger partial charge in [-0.1, -0.05) is 12.1 Å². The van der Waals surface area contributed by atoms with E-state index in [4.69, 9.17) is 9.47 Å². The average Bonchev–Trinajstić information content (AvgIpc) is 2.18. The van der Waals surface area contributed by atoms with Crippen LogP contribution in [0.4, 0.5) is 0 Å². The van der Waals surface area contributed by atoms with Crippen LogP contribution in [0.1, 0.15) is 18.1 Å². The third kappa shape index (κ3) is 1.85. The number of aliphatic hydroxyl groups is 1. The third-order valence-corrected chi connectivity index (χ3v) is 2.71. The Labute approximate surface area is 89.6 Å². The SMILES string of the molecule is CCOc1cc(C2(O)COC2)ccc1C. The molecule has 1 aliphatic heterocycles. The highest BCUT2D eigenvalue weighted by Gasteiger charge is 2.38. The molecule has 0 amide bonds. The zero-order valence-electron chi connectivity index (χ0n) is 9.12. The van der Waals surface area contributed by atoms with Crippen LogP contribution in [-0.4, -0.2) is 24.9 Å². The van der Waals surface area contributed by atoms with Gasteiger partial charge >= 0.3 is 0 Å². The van der Waals surface area contributed by atoms with Crippen LogP contribution in [0.2, 0.25) is 0 Å². The summed E-state index contributed by atoms with van der Waals surface area (Å²) in [6, 6.07) is 5.80. The summed E-state index contributed by atoms with van der Waals surface area (Å²) in [5, 5.41) is 10.1. The smallest absolute Gasteiger partial charge is 0.136 e. The predicted molar refractivity (Wildman–Crippen MR) is 57.1 cm³/mol. The Balaban J connectivity index is 2.29. The van der Waals surface area contributed by atoms with Crippen molar-refractivity contribution in [2.75, 3.05) is 19.8 Å². The molecule has 1 N–H and O–H groups in total. The van der Waals surface area contributed by atoms with Crippen molar-refractivity contribution >= 4 is 0 Å². The molecule has 82 valence electrons. The third-order valence-electron chi connectivity index (χ3n) is 2.71. The van der Waals surface area contributed by atoms with E-state index in [1.165, 1.54) is 0 Å². The van der Waals surface area contributed by atoms with E-state index >= 15 is 0 Å². The van der Waals surface area contributed by atoms with Crippen LogP contribution in [0.5, 0.6) is 5.75 Å². The molecule has 3 heteroatoms. The van der Waals surface area contributed by atoms with Gasteiger partial charge in [-0.25, -0.2) is 0 Å². The molecule has 1 saturated heterocycles. The molecule has 0 bridgehead atoms. The predicted octanol–water partition coefficient (Wildman–Crippen LogP) is 1.61. The van der Waals surface area contributed by atoms with Gasteiger partial charge in [0.15, 0.2) is 0 Å². The van der Waals surface area contributed by atoms with E-state index in [1.807, 2.05) is 32.0 Å². The second-order valence-corrected chi connectivity index (χ2v) is 3.94. The maximum Gasteiger partial charge on any atom is 0.136 e. The van der Waals surface area contributed by atoms with Crippen LogP contribution in [0, 0.1) is 6.92 Å². The summed E-state index contributed by atoms with van der Waals surface area (Å²) in [7, 11) is 0. The molecule has 1 aliphatic rings. The molecular weight excluding hydrogens is 192 g/mol. The Bertz CT molecular complexity index is 356. The average molecular weight is 208 g/mol. The number of benzene rings is 1. The molecule has 1 fully saturated rings. The highest BCUT2D eigenvalue weighted by Crippen LogP contribution is 2.32. The van der Waals surface area contributed by atoms with Gasteiger partial charge in [0.05, 0.1) is 19.8 Å². The van der Waals surface area contributed by atoms with Gasteiger partial charge in [0.25, 0.3) is 0 Å². The number of hydrogen-bond acceptors (Lipinski definition) is 3. The molecule has 0 aliphatic carbocycles. The van der Waals surface area contributed by atoms with Crippen LogP contribution in [0.25, 0.3) is 0 Å². The van der Waals surface area contributed by atoms with E-state index in [0.717, 1.165) is 16.9 Å². The van der Waals surface area contributed by atoms with Crippen molar-refractivity contribution in [3.05, 3.63) is 29.3 Å². The van der Waals surface area contributed by atoms with Crippen molar-refractivity contribution in [2.45, 2.75) is 19.4 Å². The zero-order chi connectivity index (χ0) is 10.9. The summed E-state index contributed by atoms with van der Waals surface area (Å²) < 4.78 is 10.5. The summed E-state index contributed by atoms with van der Waals surface area (Å²) in [5.74, 6) is 0.843. The minimum absolute atomic E-state index is 0.377. The summed E-state index contributed by atoms with van der Waals surface area (Å²) in [4.78, 5) is 0. The fourth-order valence-electron chi connectivity index (χ4n) is 1.66. The van der Waals surface area contributed by atoms with E-state index in [1.54, 1.807) is 0 Å². The summed E-state index contributed by atoms with van der Waals surface area (Å²) in [6.07, 6.45) is 0. The second-order valence-electron chi connectivity index (χ2n) is 3.94. The Morgan fingerprint density at radius 3 is 2.73 bits per heavy atom. The topological polar surface area (TPSA) is 38.7 Å². The van der Waals surface area contributed by atoms with Gasteiger partial charge in [-0.15, -0.1) is 0 Å². The van der Waals surface area contributed by atoms with Gasteiger partial charge in [-0.05, 0) is 31.0 Å². The van der Waals surface area contributed by atoms with Gasteiger partial charge in [-0.2, -0.15) is 0 Å². The molecule has 1 heterocycles. The lowest BCUT2D eigenvalue weighted by molar-refractivity contribution is -0.184. The molecule has 1 aromatic carbocycles. The van der Waals surface area contributed by atoms with Crippen LogP contribution in [0.15, 0.2) is 18.2 Å². The summed E-state index contributed by atoms with van der Waals surface area (Å²) >= 11 is 0. The Hall–Kier alpha value is -1.06. The van der Waals surface area contributed by atoms with E-state index in [9.17, 15) is 5.11 Å². The quantitative estimate of drug-likeness (QED) is 0.820. The highest BCUT2D eigenvalue weighted by atomic mass is 16.5. The fraction of sp³-hybridized carbons (Fsp3) is 0.500. The normalized spacial score (nSPS) is 18.3. The van der Waals surface area contributed by atoms with E-state index < -0.39 is 5.60 Å². The zero-order valence-corrected chi connectivity index (χ0v) is 9.12. The van der Waals surface area contributed by atoms with Crippen LogP contribution < -0.4 is 4.74 Å². The Kier molecular flexibility index (Phi) is 2.67. The van der Waals surface area contributed by atoms with Crippen LogP contribution >= 0.6 is 0 Å². The van der Waals surface area contributed by atoms with Crippen LogP contribution in [0.3, 0.4) is 0 Å². The largest absolute Gasteiger partial charge is 0.494 e. The minimum Gasteiger partial charge on any atom is -0.494 e. The molecule has 0 aromatic heterocycles. The monoisotopic (exact) mass is 208 g/mol. The summed E-state index contributed by atoms with van der Waals surface area (Å²) in [5.41, 5.74) is 1.16. The first-order valence-corrected chi connectivity index (χ1v) is 5.20. The van der Waals surface area contributed by atoms with Crippen molar-refractivity contribution < 1.29 is 14.6 Å². The lowest BCUT2D eigenvalue weighted by Crippen LogP contribution is -2.46. The first-order chi connectivity index (χ1) is 7.15. The first-order valence-electron chi connectivity index (χ1n) is 5.20. The van der Waals surface area contributed by atoms with Gasteiger partial charge in [0, 0.05) is 0 Å². The Morgan fingerprint density at radius 2 is 2.20 bits per heavy atom. The van der Waals surface area contributed by atoms with Crippen LogP contribution in [-0.2, 0) is 10.3 Å². The molecule has 0 saturated carbocycles. The summed E-state index contributed by atoms with van der Waals surface area (Å²) in [6.45, 7) is 5.34.